The van der Waals surface area contributed by atoms with E-state index in [2.05, 4.69) is 15.6 Å². The van der Waals surface area contributed by atoms with E-state index in [4.69, 9.17) is 9.47 Å². The van der Waals surface area contributed by atoms with Gasteiger partial charge in [-0.3, -0.25) is 9.59 Å². The molecule has 9 nitrogen and oxygen atoms in total. The number of hydrogen-bond donors (Lipinski definition) is 1. The second-order valence-corrected chi connectivity index (χ2v) is 6.58. The summed E-state index contributed by atoms with van der Waals surface area (Å²) in [7, 11) is 1.57. The second-order valence-electron chi connectivity index (χ2n) is 6.58. The van der Waals surface area contributed by atoms with Crippen LogP contribution in [0.25, 0.3) is 5.69 Å². The molecule has 0 saturated carbocycles. The van der Waals surface area contributed by atoms with Gasteiger partial charge >= 0.3 is 0 Å². The van der Waals surface area contributed by atoms with Crippen LogP contribution in [0.2, 0.25) is 0 Å². The molecule has 0 aliphatic heterocycles. The molecule has 1 amide bonds. The summed E-state index contributed by atoms with van der Waals surface area (Å²) in [5, 5.41) is 17.6. The number of hydrogen-bond acceptors (Lipinski definition) is 7. The van der Waals surface area contributed by atoms with Crippen molar-refractivity contribution in [2.24, 2.45) is 5.10 Å². The van der Waals surface area contributed by atoms with E-state index < -0.39 is 11.5 Å². The number of nitrogens with zero attached hydrogens (tertiary/aromatic N) is 4. The molecule has 0 saturated heterocycles. The third-order valence-electron chi connectivity index (χ3n) is 4.55. The highest BCUT2D eigenvalue weighted by Crippen LogP contribution is 2.15. The number of aromatic nitrogens is 2. The number of hydrazone groups is 1. The number of nitrogens with one attached hydrogen (secondary N) is 1. The van der Waals surface area contributed by atoms with E-state index in [1.54, 1.807) is 55.6 Å². The molecule has 0 spiro atoms. The van der Waals surface area contributed by atoms with Gasteiger partial charge in [-0.2, -0.15) is 20.1 Å². The van der Waals surface area contributed by atoms with Crippen LogP contribution in [0.4, 0.5) is 0 Å². The van der Waals surface area contributed by atoms with Crippen molar-refractivity contribution in [1.29, 1.82) is 5.26 Å². The molecule has 1 heterocycles. The molecule has 0 radical (unpaired) electrons. The van der Waals surface area contributed by atoms with Crippen LogP contribution in [0, 0.1) is 18.3 Å². The zero-order valence-corrected chi connectivity index (χ0v) is 17.8. The Kier molecular flexibility index (Phi) is 6.98. The highest BCUT2D eigenvalue weighted by molar-refractivity contribution is 5.94. The van der Waals surface area contributed by atoms with Gasteiger partial charge in [0.15, 0.2) is 5.69 Å². The fraction of sp³-hybridized carbons (Fsp3) is 0.174. The molecule has 0 aliphatic carbocycles. The lowest BCUT2D eigenvalue weighted by Crippen LogP contribution is -2.31. The van der Waals surface area contributed by atoms with Gasteiger partial charge in [0, 0.05) is 5.56 Å². The first-order valence-electron chi connectivity index (χ1n) is 9.73. The van der Waals surface area contributed by atoms with Crippen LogP contribution >= 0.6 is 0 Å². The van der Waals surface area contributed by atoms with Crippen LogP contribution < -0.4 is 20.5 Å². The second kappa shape index (κ2) is 10.0. The lowest BCUT2D eigenvalue weighted by atomic mass is 10.1. The third kappa shape index (κ3) is 4.82. The number of rotatable bonds is 7. The standard InChI is InChI=1S/C23H21N5O4/c1-4-32-19-11-7-17(8-12-19)28-23(30)20(13-24)15(2)21(27-28)22(29)26-25-14-16-5-9-18(31-3)10-6-16/h5-12,14H,4H2,1-3H3,(H,26,29)/b25-14+. The molecule has 0 aliphatic rings. The van der Waals surface area contributed by atoms with Gasteiger partial charge in [-0.15, -0.1) is 0 Å². The summed E-state index contributed by atoms with van der Waals surface area (Å²) < 4.78 is 11.5. The predicted molar refractivity (Wildman–Crippen MR) is 119 cm³/mol. The number of ether oxygens (including phenoxy) is 2. The van der Waals surface area contributed by atoms with Crippen molar-refractivity contribution in [3.8, 4) is 23.3 Å². The van der Waals surface area contributed by atoms with Crippen molar-refractivity contribution < 1.29 is 14.3 Å². The Morgan fingerprint density at radius 3 is 2.44 bits per heavy atom. The van der Waals surface area contributed by atoms with Crippen molar-refractivity contribution in [2.75, 3.05) is 13.7 Å². The van der Waals surface area contributed by atoms with Gasteiger partial charge in [0.05, 0.1) is 25.6 Å². The minimum absolute atomic E-state index is 0.0816. The lowest BCUT2D eigenvalue weighted by Gasteiger charge is -2.11. The maximum Gasteiger partial charge on any atom is 0.292 e. The number of nitriles is 1. The zero-order valence-electron chi connectivity index (χ0n) is 17.8. The van der Waals surface area contributed by atoms with E-state index >= 15 is 0 Å². The molecule has 0 unspecified atom stereocenters. The molecule has 0 fully saturated rings. The number of amides is 1. The largest absolute Gasteiger partial charge is 0.497 e. The Bertz CT molecular complexity index is 1240. The molecule has 0 bridgehead atoms. The fourth-order valence-corrected chi connectivity index (χ4v) is 2.89. The van der Waals surface area contributed by atoms with Crippen LogP contribution in [0.15, 0.2) is 58.4 Å². The number of methoxy groups -OCH3 is 1. The summed E-state index contributed by atoms with van der Waals surface area (Å²) in [6.45, 7) is 3.86. The first-order valence-corrected chi connectivity index (χ1v) is 9.73. The summed E-state index contributed by atoms with van der Waals surface area (Å²) in [5.41, 5.74) is 2.83. The average molecular weight is 431 g/mol. The van der Waals surface area contributed by atoms with Gasteiger partial charge < -0.3 is 9.47 Å². The SMILES string of the molecule is CCOc1ccc(-n2nc(C(=O)N/N=C/c3ccc(OC)cc3)c(C)c(C#N)c2=O)cc1. The summed E-state index contributed by atoms with van der Waals surface area (Å²) in [6, 6.07) is 15.6. The normalized spacial score (nSPS) is 10.6. The van der Waals surface area contributed by atoms with Gasteiger partial charge in [0.25, 0.3) is 11.5 Å². The highest BCUT2D eigenvalue weighted by atomic mass is 16.5. The van der Waals surface area contributed by atoms with E-state index in [0.717, 1.165) is 10.2 Å². The van der Waals surface area contributed by atoms with Crippen molar-refractivity contribution in [3.63, 3.8) is 0 Å². The van der Waals surface area contributed by atoms with Crippen LogP contribution in [-0.4, -0.2) is 35.6 Å². The molecule has 32 heavy (non-hydrogen) atoms. The smallest absolute Gasteiger partial charge is 0.292 e. The number of benzene rings is 2. The Morgan fingerprint density at radius 1 is 1.19 bits per heavy atom. The van der Waals surface area contributed by atoms with Crippen molar-refractivity contribution in [1.82, 2.24) is 15.2 Å². The molecular weight excluding hydrogens is 410 g/mol. The molecule has 1 aromatic heterocycles. The number of carbonyl (C=O) groups excluding carboxylic acids is 1. The van der Waals surface area contributed by atoms with Gasteiger partial charge in [-0.1, -0.05) is 0 Å². The van der Waals surface area contributed by atoms with Crippen LogP contribution in [0.1, 0.15) is 34.1 Å². The van der Waals surface area contributed by atoms with Gasteiger partial charge in [-0.25, -0.2) is 5.43 Å². The van der Waals surface area contributed by atoms with Crippen LogP contribution in [0.3, 0.4) is 0 Å². The van der Waals surface area contributed by atoms with Gasteiger partial charge in [0.2, 0.25) is 0 Å². The summed E-state index contributed by atoms with van der Waals surface area (Å²) in [6.07, 6.45) is 1.46. The summed E-state index contributed by atoms with van der Waals surface area (Å²) >= 11 is 0. The highest BCUT2D eigenvalue weighted by Gasteiger charge is 2.20. The molecule has 0 atom stereocenters. The van der Waals surface area contributed by atoms with Crippen molar-refractivity contribution in [3.05, 3.63) is 81.3 Å². The van der Waals surface area contributed by atoms with Gasteiger partial charge in [0.1, 0.15) is 23.1 Å². The Balaban J connectivity index is 1.90. The molecule has 3 aromatic rings. The molecule has 9 heteroatoms. The lowest BCUT2D eigenvalue weighted by molar-refractivity contribution is 0.0947. The molecule has 1 N–H and O–H groups in total. The molecule has 2 aromatic carbocycles. The number of carbonyl (C=O) groups is 1. The third-order valence-corrected chi connectivity index (χ3v) is 4.55. The Morgan fingerprint density at radius 2 is 1.84 bits per heavy atom. The predicted octanol–water partition coefficient (Wildman–Crippen LogP) is 2.58. The van der Waals surface area contributed by atoms with Crippen molar-refractivity contribution >= 4 is 12.1 Å². The van der Waals surface area contributed by atoms with E-state index in [-0.39, 0.29) is 16.8 Å². The van der Waals surface area contributed by atoms with E-state index in [1.807, 2.05) is 13.0 Å². The Hall–Kier alpha value is -4.45. The zero-order chi connectivity index (χ0) is 23.1. The van der Waals surface area contributed by atoms with Crippen LogP contribution in [-0.2, 0) is 0 Å². The summed E-state index contributed by atoms with van der Waals surface area (Å²) in [5.74, 6) is 0.679. The minimum Gasteiger partial charge on any atom is -0.497 e. The fourth-order valence-electron chi connectivity index (χ4n) is 2.89. The first-order chi connectivity index (χ1) is 15.5. The molecular formula is C23H21N5O4. The van der Waals surface area contributed by atoms with E-state index in [9.17, 15) is 14.9 Å². The average Bonchev–Trinajstić information content (AvgIpc) is 2.81. The molecule has 162 valence electrons. The van der Waals surface area contributed by atoms with E-state index in [1.165, 1.54) is 13.1 Å². The summed E-state index contributed by atoms with van der Waals surface area (Å²) in [4.78, 5) is 25.4. The van der Waals surface area contributed by atoms with Gasteiger partial charge in [-0.05, 0) is 67.9 Å². The monoisotopic (exact) mass is 431 g/mol. The Labute approximate surface area is 184 Å². The first kappa shape index (κ1) is 22.2. The minimum atomic E-state index is -0.650. The topological polar surface area (TPSA) is 119 Å². The maximum atomic E-state index is 12.7. The van der Waals surface area contributed by atoms with Crippen molar-refractivity contribution in [2.45, 2.75) is 13.8 Å². The molecule has 3 rings (SSSR count). The van der Waals surface area contributed by atoms with Crippen LogP contribution in [0.5, 0.6) is 11.5 Å². The van der Waals surface area contributed by atoms with E-state index in [0.29, 0.717) is 23.8 Å². The quantitative estimate of drug-likeness (QED) is 0.454. The maximum absolute atomic E-state index is 12.7.